The van der Waals surface area contributed by atoms with Gasteiger partial charge in [0.1, 0.15) is 11.6 Å². The van der Waals surface area contributed by atoms with Crippen molar-refractivity contribution in [3.05, 3.63) is 59.8 Å². The van der Waals surface area contributed by atoms with Crippen LogP contribution >= 0.6 is 0 Å². The van der Waals surface area contributed by atoms with Gasteiger partial charge in [0.05, 0.1) is 12.8 Å². The summed E-state index contributed by atoms with van der Waals surface area (Å²) in [4.78, 5) is 17.2. The standard InChI is InChI=1S/C21H25FN2O2/c22-20-6-2-1-5-19(20)17-9-12-24(14-17)21(25)16-7-10-23(11-8-16)15-18-4-3-13-26-18/h1-6,13,16-17H,7-12,14-15H2/t17-/m0/s1. The molecule has 1 atom stereocenters. The first-order valence-electron chi connectivity index (χ1n) is 9.48. The number of benzene rings is 1. The Morgan fingerprint density at radius 3 is 2.62 bits per heavy atom. The van der Waals surface area contributed by atoms with E-state index in [9.17, 15) is 9.18 Å². The normalized spacial score (nSPS) is 22.0. The molecule has 1 aromatic heterocycles. The minimum Gasteiger partial charge on any atom is -0.468 e. The van der Waals surface area contributed by atoms with Gasteiger partial charge in [-0.3, -0.25) is 9.69 Å². The first-order chi connectivity index (χ1) is 12.7. The third kappa shape index (κ3) is 3.68. The van der Waals surface area contributed by atoms with Crippen molar-refractivity contribution in [1.29, 1.82) is 0 Å². The van der Waals surface area contributed by atoms with Crippen LogP contribution in [0.3, 0.4) is 0 Å². The zero-order valence-corrected chi connectivity index (χ0v) is 14.9. The molecule has 4 rings (SSSR count). The monoisotopic (exact) mass is 356 g/mol. The summed E-state index contributed by atoms with van der Waals surface area (Å²) in [6, 6.07) is 10.8. The van der Waals surface area contributed by atoms with Crippen LogP contribution in [0.1, 0.15) is 36.5 Å². The maximum atomic E-state index is 14.0. The van der Waals surface area contributed by atoms with Gasteiger partial charge in [0.25, 0.3) is 0 Å². The van der Waals surface area contributed by atoms with E-state index in [0.29, 0.717) is 6.54 Å². The van der Waals surface area contributed by atoms with Crippen molar-refractivity contribution < 1.29 is 13.6 Å². The quantitative estimate of drug-likeness (QED) is 0.839. The van der Waals surface area contributed by atoms with E-state index in [0.717, 1.165) is 56.8 Å². The van der Waals surface area contributed by atoms with Gasteiger partial charge in [0.2, 0.25) is 5.91 Å². The van der Waals surface area contributed by atoms with Gasteiger partial charge in [-0.1, -0.05) is 18.2 Å². The highest BCUT2D eigenvalue weighted by Gasteiger charge is 2.34. The van der Waals surface area contributed by atoms with Crippen LogP contribution in [0.4, 0.5) is 4.39 Å². The lowest BCUT2D eigenvalue weighted by atomic mass is 9.95. The molecule has 0 spiro atoms. The van der Waals surface area contributed by atoms with Crippen molar-refractivity contribution in [2.45, 2.75) is 31.7 Å². The predicted octanol–water partition coefficient (Wildman–Crippen LogP) is 3.65. The van der Waals surface area contributed by atoms with Crippen molar-refractivity contribution in [1.82, 2.24) is 9.80 Å². The Kier molecular flexibility index (Phi) is 5.07. The number of amides is 1. The summed E-state index contributed by atoms with van der Waals surface area (Å²) in [5.41, 5.74) is 0.746. The van der Waals surface area contributed by atoms with Crippen LogP contribution in [0.25, 0.3) is 0 Å². The van der Waals surface area contributed by atoms with E-state index < -0.39 is 0 Å². The van der Waals surface area contributed by atoms with Crippen molar-refractivity contribution in [3.8, 4) is 0 Å². The molecule has 2 fully saturated rings. The first kappa shape index (κ1) is 17.3. The smallest absolute Gasteiger partial charge is 0.225 e. The summed E-state index contributed by atoms with van der Waals surface area (Å²) in [6.45, 7) is 4.03. The molecule has 1 amide bonds. The number of carbonyl (C=O) groups excluding carboxylic acids is 1. The van der Waals surface area contributed by atoms with E-state index in [1.54, 1.807) is 12.3 Å². The number of rotatable bonds is 4. The largest absolute Gasteiger partial charge is 0.468 e. The molecule has 0 radical (unpaired) electrons. The van der Waals surface area contributed by atoms with Crippen LogP contribution in [0, 0.1) is 11.7 Å². The zero-order chi connectivity index (χ0) is 17.9. The molecule has 3 heterocycles. The minimum atomic E-state index is -0.155. The maximum absolute atomic E-state index is 14.0. The molecule has 4 nitrogen and oxygen atoms in total. The van der Waals surface area contributed by atoms with Crippen LogP contribution in [0.15, 0.2) is 47.1 Å². The topological polar surface area (TPSA) is 36.7 Å². The molecular weight excluding hydrogens is 331 g/mol. The number of furan rings is 1. The molecular formula is C21H25FN2O2. The molecule has 2 aliphatic rings. The average molecular weight is 356 g/mol. The van der Waals surface area contributed by atoms with Crippen LogP contribution in [-0.4, -0.2) is 41.9 Å². The average Bonchev–Trinajstić information content (AvgIpc) is 3.34. The number of likely N-dealkylation sites (tertiary alicyclic amines) is 2. The molecule has 0 unspecified atom stereocenters. The molecule has 2 aliphatic heterocycles. The van der Waals surface area contributed by atoms with Gasteiger partial charge in [-0.05, 0) is 56.1 Å². The van der Waals surface area contributed by atoms with Gasteiger partial charge in [0, 0.05) is 24.9 Å². The van der Waals surface area contributed by atoms with E-state index in [-0.39, 0.29) is 23.6 Å². The molecule has 26 heavy (non-hydrogen) atoms. The van der Waals surface area contributed by atoms with Crippen LogP contribution in [0.2, 0.25) is 0 Å². The van der Waals surface area contributed by atoms with Crippen LogP contribution in [-0.2, 0) is 11.3 Å². The Balaban J connectivity index is 1.30. The molecule has 0 aliphatic carbocycles. The van der Waals surface area contributed by atoms with Crippen LogP contribution < -0.4 is 0 Å². The van der Waals surface area contributed by atoms with Gasteiger partial charge in [-0.2, -0.15) is 0 Å². The lowest BCUT2D eigenvalue weighted by molar-refractivity contribution is -0.136. The highest BCUT2D eigenvalue weighted by atomic mass is 19.1. The number of halogens is 1. The van der Waals surface area contributed by atoms with Crippen LogP contribution in [0.5, 0.6) is 0 Å². The fourth-order valence-corrected chi connectivity index (χ4v) is 4.24. The number of carbonyl (C=O) groups is 1. The second-order valence-electron chi connectivity index (χ2n) is 7.42. The Morgan fingerprint density at radius 2 is 1.88 bits per heavy atom. The molecule has 2 saturated heterocycles. The highest BCUT2D eigenvalue weighted by molar-refractivity contribution is 5.79. The van der Waals surface area contributed by atoms with E-state index in [4.69, 9.17) is 4.42 Å². The highest BCUT2D eigenvalue weighted by Crippen LogP contribution is 2.31. The summed E-state index contributed by atoms with van der Waals surface area (Å²) in [5, 5.41) is 0. The summed E-state index contributed by atoms with van der Waals surface area (Å²) in [5.74, 6) is 1.29. The number of hydrogen-bond donors (Lipinski definition) is 0. The second kappa shape index (κ2) is 7.62. The number of piperidine rings is 1. The summed E-state index contributed by atoms with van der Waals surface area (Å²) in [6.07, 6.45) is 4.33. The van der Waals surface area contributed by atoms with E-state index in [1.165, 1.54) is 6.07 Å². The van der Waals surface area contributed by atoms with E-state index in [2.05, 4.69) is 4.90 Å². The second-order valence-corrected chi connectivity index (χ2v) is 7.42. The minimum absolute atomic E-state index is 0.0993. The summed E-state index contributed by atoms with van der Waals surface area (Å²) >= 11 is 0. The molecule has 138 valence electrons. The molecule has 0 N–H and O–H groups in total. The third-order valence-corrected chi connectivity index (χ3v) is 5.74. The van der Waals surface area contributed by atoms with Crippen molar-refractivity contribution in [2.24, 2.45) is 5.92 Å². The maximum Gasteiger partial charge on any atom is 0.225 e. The van der Waals surface area contributed by atoms with Gasteiger partial charge < -0.3 is 9.32 Å². The molecule has 0 bridgehead atoms. The number of hydrogen-bond acceptors (Lipinski definition) is 3. The molecule has 2 aromatic rings. The summed E-state index contributed by atoms with van der Waals surface area (Å²) in [7, 11) is 0. The van der Waals surface area contributed by atoms with Gasteiger partial charge >= 0.3 is 0 Å². The lowest BCUT2D eigenvalue weighted by Gasteiger charge is -2.32. The SMILES string of the molecule is O=C(C1CCN(Cc2ccco2)CC1)N1CC[C@H](c2ccccc2F)C1. The fourth-order valence-electron chi connectivity index (χ4n) is 4.24. The van der Waals surface area contributed by atoms with Crippen molar-refractivity contribution in [3.63, 3.8) is 0 Å². The molecule has 1 aromatic carbocycles. The Bertz CT molecular complexity index is 738. The number of nitrogens with zero attached hydrogens (tertiary/aromatic N) is 2. The molecule has 5 heteroatoms. The van der Waals surface area contributed by atoms with Crippen molar-refractivity contribution >= 4 is 5.91 Å². The lowest BCUT2D eigenvalue weighted by Crippen LogP contribution is -2.41. The van der Waals surface area contributed by atoms with Gasteiger partial charge in [-0.15, -0.1) is 0 Å². The molecule has 0 saturated carbocycles. The fraction of sp³-hybridized carbons (Fsp3) is 0.476. The van der Waals surface area contributed by atoms with E-state index >= 15 is 0 Å². The third-order valence-electron chi connectivity index (χ3n) is 5.74. The summed E-state index contributed by atoms with van der Waals surface area (Å²) < 4.78 is 19.4. The predicted molar refractivity (Wildman–Crippen MR) is 97.0 cm³/mol. The van der Waals surface area contributed by atoms with Crippen molar-refractivity contribution in [2.75, 3.05) is 26.2 Å². The Hall–Kier alpha value is -2.14. The first-order valence-corrected chi connectivity index (χ1v) is 9.48. The van der Waals surface area contributed by atoms with Gasteiger partial charge in [0.15, 0.2) is 0 Å². The Morgan fingerprint density at radius 1 is 1.08 bits per heavy atom. The Labute approximate surface area is 153 Å². The van der Waals surface area contributed by atoms with E-state index in [1.807, 2.05) is 29.2 Å². The van der Waals surface area contributed by atoms with Gasteiger partial charge in [-0.25, -0.2) is 4.39 Å². The zero-order valence-electron chi connectivity index (χ0n) is 14.9.